The first-order chi connectivity index (χ1) is 16.5. The maximum absolute atomic E-state index is 14.0. The molecule has 0 aromatic heterocycles. The van der Waals surface area contributed by atoms with Crippen LogP contribution in [0.4, 0.5) is 5.69 Å². The largest absolute Gasteiger partial charge is 0.308 e. The second kappa shape index (κ2) is 9.88. The summed E-state index contributed by atoms with van der Waals surface area (Å²) in [5, 5.41) is 0. The van der Waals surface area contributed by atoms with Crippen molar-refractivity contribution in [2.45, 2.75) is 58.5 Å². The standard InChI is InChI=1S/C28H31BrN2O3S/c1-18-6-8-23(9-7-18)16-30(35(33,34)28-20(3)12-19(2)13-21(28)4)17-27(32)31-22(5)14-24-15-25(29)10-11-26(24)31/h6-13,15,22H,14,16-17H2,1-5H3. The van der Waals surface area contributed by atoms with Crippen LogP contribution in [0.15, 0.2) is 64.0 Å². The van der Waals surface area contributed by atoms with Gasteiger partial charge in [0.25, 0.3) is 0 Å². The Bertz CT molecular complexity index is 1360. The summed E-state index contributed by atoms with van der Waals surface area (Å²) in [4.78, 5) is 15.7. The van der Waals surface area contributed by atoms with Gasteiger partial charge in [0.05, 0.1) is 11.4 Å². The molecule has 1 unspecified atom stereocenters. The number of carbonyl (C=O) groups excluding carboxylic acids is 1. The molecule has 0 bridgehead atoms. The van der Waals surface area contributed by atoms with E-state index in [4.69, 9.17) is 0 Å². The van der Waals surface area contributed by atoms with Crippen molar-refractivity contribution in [1.82, 2.24) is 4.31 Å². The molecule has 0 saturated carbocycles. The quantitative estimate of drug-likeness (QED) is 0.384. The Morgan fingerprint density at radius 2 is 1.60 bits per heavy atom. The normalized spacial score (nSPS) is 15.5. The first kappa shape index (κ1) is 25.6. The lowest BCUT2D eigenvalue weighted by Crippen LogP contribution is -2.45. The highest BCUT2D eigenvalue weighted by Gasteiger charge is 2.35. The molecule has 3 aromatic carbocycles. The van der Waals surface area contributed by atoms with Crippen molar-refractivity contribution in [3.8, 4) is 0 Å². The zero-order valence-corrected chi connectivity index (χ0v) is 23.2. The monoisotopic (exact) mass is 554 g/mol. The van der Waals surface area contributed by atoms with Gasteiger partial charge in [0, 0.05) is 22.7 Å². The van der Waals surface area contributed by atoms with Crippen LogP contribution in [0.25, 0.3) is 0 Å². The fourth-order valence-electron chi connectivity index (χ4n) is 5.03. The minimum absolute atomic E-state index is 0.0430. The third kappa shape index (κ3) is 5.22. The number of amides is 1. The molecule has 5 nitrogen and oxygen atoms in total. The van der Waals surface area contributed by atoms with E-state index >= 15 is 0 Å². The fraction of sp³-hybridized carbons (Fsp3) is 0.321. The number of fused-ring (bicyclic) bond motifs is 1. The second-order valence-corrected chi connectivity index (χ2v) is 12.4. The van der Waals surface area contributed by atoms with Crippen LogP contribution in [0, 0.1) is 27.7 Å². The van der Waals surface area contributed by atoms with Gasteiger partial charge in [-0.2, -0.15) is 4.31 Å². The summed E-state index contributed by atoms with van der Waals surface area (Å²) in [6.07, 6.45) is 0.738. The number of sulfonamides is 1. The number of nitrogens with zero attached hydrogens (tertiary/aromatic N) is 2. The molecule has 0 spiro atoms. The summed E-state index contributed by atoms with van der Waals surface area (Å²) >= 11 is 3.50. The highest BCUT2D eigenvalue weighted by molar-refractivity contribution is 9.10. The van der Waals surface area contributed by atoms with E-state index in [1.54, 1.807) is 4.90 Å². The molecule has 1 atom stereocenters. The average Bonchev–Trinajstić information content (AvgIpc) is 3.08. The number of halogens is 1. The van der Waals surface area contributed by atoms with Crippen molar-refractivity contribution in [2.75, 3.05) is 11.4 Å². The van der Waals surface area contributed by atoms with Gasteiger partial charge in [-0.05, 0) is 81.5 Å². The Morgan fingerprint density at radius 3 is 2.23 bits per heavy atom. The molecule has 1 amide bonds. The summed E-state index contributed by atoms with van der Waals surface area (Å²) in [6, 6.07) is 17.3. The molecule has 184 valence electrons. The van der Waals surface area contributed by atoms with Crippen LogP contribution in [0.1, 0.15) is 40.3 Å². The molecule has 0 aliphatic carbocycles. The van der Waals surface area contributed by atoms with E-state index in [9.17, 15) is 13.2 Å². The van der Waals surface area contributed by atoms with E-state index in [0.29, 0.717) is 11.1 Å². The predicted molar refractivity (Wildman–Crippen MR) is 144 cm³/mol. The Kier molecular flexibility index (Phi) is 7.23. The molecule has 3 aromatic rings. The van der Waals surface area contributed by atoms with Gasteiger partial charge in [-0.15, -0.1) is 0 Å². The average molecular weight is 556 g/mol. The van der Waals surface area contributed by atoms with Gasteiger partial charge in [0.1, 0.15) is 0 Å². The van der Waals surface area contributed by atoms with E-state index in [2.05, 4.69) is 15.9 Å². The number of rotatable bonds is 6. The summed E-state index contributed by atoms with van der Waals surface area (Å²) in [6.45, 7) is 9.46. The van der Waals surface area contributed by atoms with Crippen LogP contribution in [0.5, 0.6) is 0 Å². The van der Waals surface area contributed by atoms with Crippen LogP contribution >= 0.6 is 15.9 Å². The van der Waals surface area contributed by atoms with Gasteiger partial charge in [0.2, 0.25) is 15.9 Å². The van der Waals surface area contributed by atoms with E-state index < -0.39 is 10.0 Å². The Labute approximate surface area is 216 Å². The topological polar surface area (TPSA) is 57.7 Å². The maximum Gasteiger partial charge on any atom is 0.244 e. The third-order valence-corrected chi connectivity index (χ3v) is 9.11. The number of anilines is 1. The maximum atomic E-state index is 14.0. The molecule has 0 radical (unpaired) electrons. The zero-order chi connectivity index (χ0) is 25.5. The highest BCUT2D eigenvalue weighted by atomic mass is 79.9. The lowest BCUT2D eigenvalue weighted by Gasteiger charge is -2.28. The van der Waals surface area contributed by atoms with Gasteiger partial charge in [-0.1, -0.05) is 63.5 Å². The van der Waals surface area contributed by atoms with Gasteiger partial charge in [0.15, 0.2) is 0 Å². The number of hydrogen-bond donors (Lipinski definition) is 0. The van der Waals surface area contributed by atoms with E-state index in [0.717, 1.165) is 38.8 Å². The number of aryl methyl sites for hydroxylation is 4. The summed E-state index contributed by atoms with van der Waals surface area (Å²) in [5.41, 5.74) is 6.25. The molecular formula is C28H31BrN2O3S. The van der Waals surface area contributed by atoms with Crippen molar-refractivity contribution >= 4 is 37.5 Å². The molecule has 1 heterocycles. The predicted octanol–water partition coefficient (Wildman–Crippen LogP) is 5.85. The highest BCUT2D eigenvalue weighted by Crippen LogP contribution is 2.35. The lowest BCUT2D eigenvalue weighted by molar-refractivity contribution is -0.119. The van der Waals surface area contributed by atoms with E-state index in [-0.39, 0.29) is 29.9 Å². The molecule has 0 saturated heterocycles. The van der Waals surface area contributed by atoms with Crippen LogP contribution in [0.3, 0.4) is 0 Å². The molecule has 0 fully saturated rings. The summed E-state index contributed by atoms with van der Waals surface area (Å²) in [5.74, 6) is -0.225. The Morgan fingerprint density at radius 1 is 0.971 bits per heavy atom. The van der Waals surface area contributed by atoms with Crippen LogP contribution in [-0.4, -0.2) is 31.2 Å². The first-order valence-electron chi connectivity index (χ1n) is 11.7. The Hall–Kier alpha value is -2.48. The van der Waals surface area contributed by atoms with Gasteiger partial charge in [-0.25, -0.2) is 8.42 Å². The van der Waals surface area contributed by atoms with Crippen molar-refractivity contribution in [3.63, 3.8) is 0 Å². The molecular weight excluding hydrogens is 524 g/mol. The SMILES string of the molecule is Cc1ccc(CN(CC(=O)N2c3ccc(Br)cc3CC2C)S(=O)(=O)c2c(C)cc(C)cc2C)cc1. The van der Waals surface area contributed by atoms with Crippen LogP contribution in [0.2, 0.25) is 0 Å². The third-order valence-electron chi connectivity index (χ3n) is 6.52. The van der Waals surface area contributed by atoms with E-state index in [1.807, 2.05) is 89.2 Å². The first-order valence-corrected chi connectivity index (χ1v) is 13.9. The molecule has 4 rings (SSSR count). The summed E-state index contributed by atoms with van der Waals surface area (Å²) < 4.78 is 30.3. The lowest BCUT2D eigenvalue weighted by atomic mass is 10.1. The number of benzene rings is 3. The van der Waals surface area contributed by atoms with Gasteiger partial charge in [-0.3, -0.25) is 4.79 Å². The minimum Gasteiger partial charge on any atom is -0.308 e. The van der Waals surface area contributed by atoms with Crippen molar-refractivity contribution in [1.29, 1.82) is 0 Å². The van der Waals surface area contributed by atoms with Crippen molar-refractivity contribution < 1.29 is 13.2 Å². The van der Waals surface area contributed by atoms with Gasteiger partial charge < -0.3 is 4.90 Å². The fourth-order valence-corrected chi connectivity index (χ4v) is 7.23. The number of carbonyl (C=O) groups is 1. The van der Waals surface area contributed by atoms with Crippen LogP contribution in [-0.2, 0) is 27.8 Å². The number of hydrogen-bond acceptors (Lipinski definition) is 3. The van der Waals surface area contributed by atoms with Crippen molar-refractivity contribution in [2.24, 2.45) is 0 Å². The zero-order valence-electron chi connectivity index (χ0n) is 20.8. The minimum atomic E-state index is -3.94. The second-order valence-electron chi connectivity index (χ2n) is 9.58. The molecule has 35 heavy (non-hydrogen) atoms. The Balaban J connectivity index is 1.73. The molecule has 1 aliphatic rings. The smallest absolute Gasteiger partial charge is 0.244 e. The van der Waals surface area contributed by atoms with Gasteiger partial charge >= 0.3 is 0 Å². The molecule has 0 N–H and O–H groups in total. The molecule has 7 heteroatoms. The van der Waals surface area contributed by atoms with Crippen molar-refractivity contribution in [3.05, 3.63) is 92.5 Å². The molecule has 1 aliphatic heterocycles. The van der Waals surface area contributed by atoms with Crippen LogP contribution < -0.4 is 4.90 Å². The van der Waals surface area contributed by atoms with E-state index in [1.165, 1.54) is 4.31 Å². The summed E-state index contributed by atoms with van der Waals surface area (Å²) in [7, 11) is -3.94.